The minimum atomic E-state index is -4.16. The van der Waals surface area contributed by atoms with Gasteiger partial charge < -0.3 is 5.11 Å². The van der Waals surface area contributed by atoms with Crippen LogP contribution in [-0.2, 0) is 4.79 Å². The van der Waals surface area contributed by atoms with Crippen molar-refractivity contribution in [1.29, 1.82) is 0 Å². The summed E-state index contributed by atoms with van der Waals surface area (Å²) in [5, 5.41) is 9.66. The van der Waals surface area contributed by atoms with E-state index in [9.17, 15) is 23.1 Å². The zero-order valence-electron chi connectivity index (χ0n) is 12.5. The van der Waals surface area contributed by atoms with E-state index in [-0.39, 0.29) is 18.9 Å². The van der Waals surface area contributed by atoms with Gasteiger partial charge in [-0.25, -0.2) is 0 Å². The molecule has 0 amide bonds. The second-order valence-corrected chi connectivity index (χ2v) is 6.44. The van der Waals surface area contributed by atoms with Crippen LogP contribution in [0.15, 0.2) is 0 Å². The van der Waals surface area contributed by atoms with Gasteiger partial charge >= 0.3 is 12.1 Å². The van der Waals surface area contributed by atoms with Crippen molar-refractivity contribution in [2.75, 3.05) is 6.54 Å². The molecule has 1 saturated heterocycles. The van der Waals surface area contributed by atoms with E-state index in [1.165, 1.54) is 0 Å². The summed E-state index contributed by atoms with van der Waals surface area (Å²) in [6.45, 7) is 2.54. The Morgan fingerprint density at radius 3 is 2.62 bits per heavy atom. The van der Waals surface area contributed by atoms with Crippen molar-refractivity contribution in [1.82, 2.24) is 4.90 Å². The van der Waals surface area contributed by atoms with E-state index >= 15 is 0 Å². The largest absolute Gasteiger partial charge is 0.480 e. The van der Waals surface area contributed by atoms with Gasteiger partial charge in [0.05, 0.1) is 5.92 Å². The molecule has 1 N–H and O–H groups in total. The maximum absolute atomic E-state index is 13.0. The number of halogens is 3. The second-order valence-electron chi connectivity index (χ2n) is 6.44. The van der Waals surface area contributed by atoms with Gasteiger partial charge in [0, 0.05) is 6.04 Å². The number of likely N-dealkylation sites (tertiary alicyclic amines) is 1. The van der Waals surface area contributed by atoms with E-state index in [2.05, 4.69) is 0 Å². The predicted octanol–water partition coefficient (Wildman–Crippen LogP) is 3.83. The molecular formula is C15H24F3NO2. The topological polar surface area (TPSA) is 40.5 Å². The normalized spacial score (nSPS) is 35.0. The van der Waals surface area contributed by atoms with Crippen molar-refractivity contribution < 1.29 is 23.1 Å². The maximum atomic E-state index is 13.0. The lowest BCUT2D eigenvalue weighted by Gasteiger charge is -2.43. The van der Waals surface area contributed by atoms with Gasteiger partial charge in [0.15, 0.2) is 0 Å². The number of carboxylic acid groups (broad SMARTS) is 1. The van der Waals surface area contributed by atoms with Crippen molar-refractivity contribution in [3.05, 3.63) is 0 Å². The van der Waals surface area contributed by atoms with E-state index in [4.69, 9.17) is 0 Å². The molecule has 1 aliphatic carbocycles. The molecule has 1 saturated carbocycles. The molecule has 2 aliphatic rings. The highest BCUT2D eigenvalue weighted by atomic mass is 19.4. The van der Waals surface area contributed by atoms with Crippen LogP contribution in [0.2, 0.25) is 0 Å². The number of hydrogen-bond donors (Lipinski definition) is 1. The van der Waals surface area contributed by atoms with E-state index in [1.54, 1.807) is 0 Å². The molecule has 21 heavy (non-hydrogen) atoms. The van der Waals surface area contributed by atoms with Gasteiger partial charge in [-0.2, -0.15) is 13.2 Å². The summed E-state index contributed by atoms with van der Waals surface area (Å²) in [7, 11) is 0. The molecule has 3 unspecified atom stereocenters. The average Bonchev–Trinajstić information content (AvgIpc) is 2.83. The molecular weight excluding hydrogens is 283 g/mol. The van der Waals surface area contributed by atoms with Crippen molar-refractivity contribution in [3.63, 3.8) is 0 Å². The first kappa shape index (κ1) is 16.6. The third kappa shape index (κ3) is 3.20. The molecule has 0 aromatic carbocycles. The Morgan fingerprint density at radius 2 is 2.05 bits per heavy atom. The van der Waals surface area contributed by atoms with Crippen LogP contribution in [0.1, 0.15) is 58.3 Å². The second kappa shape index (κ2) is 6.15. The summed E-state index contributed by atoms with van der Waals surface area (Å²) < 4.78 is 38.9. The quantitative estimate of drug-likeness (QED) is 0.858. The molecule has 0 aromatic heterocycles. The maximum Gasteiger partial charge on any atom is 0.391 e. The van der Waals surface area contributed by atoms with Crippen LogP contribution in [0.5, 0.6) is 0 Å². The first-order valence-corrected chi connectivity index (χ1v) is 7.88. The SMILES string of the molecule is CCCC1(C(=O)O)CCCN1C1CCCC(C(F)(F)F)C1. The standard InChI is InChI=1S/C15H24F3NO2/c1-2-7-14(13(20)21)8-4-9-19(14)12-6-3-5-11(10-12)15(16,17)18/h11-12H,2-10H2,1H3,(H,20,21). The Bertz CT molecular complexity index is 386. The lowest BCUT2D eigenvalue weighted by Crippen LogP contribution is -2.56. The minimum absolute atomic E-state index is 0.0578. The van der Waals surface area contributed by atoms with Gasteiger partial charge in [-0.3, -0.25) is 9.69 Å². The highest BCUT2D eigenvalue weighted by molar-refractivity contribution is 5.79. The van der Waals surface area contributed by atoms with Crippen LogP contribution < -0.4 is 0 Å². The van der Waals surface area contributed by atoms with Crippen LogP contribution >= 0.6 is 0 Å². The lowest BCUT2D eigenvalue weighted by atomic mass is 9.81. The molecule has 1 aliphatic heterocycles. The average molecular weight is 307 g/mol. The van der Waals surface area contributed by atoms with Crippen molar-refractivity contribution in [3.8, 4) is 0 Å². The van der Waals surface area contributed by atoms with Crippen LogP contribution in [-0.4, -0.2) is 40.3 Å². The lowest BCUT2D eigenvalue weighted by molar-refractivity contribution is -0.189. The van der Waals surface area contributed by atoms with Gasteiger partial charge in [0.2, 0.25) is 0 Å². The Morgan fingerprint density at radius 1 is 1.33 bits per heavy atom. The van der Waals surface area contributed by atoms with E-state index in [0.717, 1.165) is 12.8 Å². The van der Waals surface area contributed by atoms with Gasteiger partial charge in [-0.1, -0.05) is 19.8 Å². The van der Waals surface area contributed by atoms with Crippen LogP contribution in [0.25, 0.3) is 0 Å². The van der Waals surface area contributed by atoms with E-state index in [0.29, 0.717) is 32.2 Å². The first-order valence-electron chi connectivity index (χ1n) is 7.88. The Balaban J connectivity index is 2.17. The number of carboxylic acids is 1. The molecule has 0 aromatic rings. The monoisotopic (exact) mass is 307 g/mol. The molecule has 2 rings (SSSR count). The third-order valence-electron chi connectivity index (χ3n) is 5.15. The Hall–Kier alpha value is -0.780. The molecule has 0 spiro atoms. The first-order chi connectivity index (χ1) is 9.81. The number of alkyl halides is 3. The predicted molar refractivity (Wildman–Crippen MR) is 73.0 cm³/mol. The molecule has 2 fully saturated rings. The highest BCUT2D eigenvalue weighted by Crippen LogP contribution is 2.44. The molecule has 6 heteroatoms. The number of rotatable bonds is 4. The van der Waals surface area contributed by atoms with Gasteiger partial charge in [-0.15, -0.1) is 0 Å². The Kier molecular flexibility index (Phi) is 4.85. The zero-order valence-corrected chi connectivity index (χ0v) is 12.5. The Labute approximate surface area is 123 Å². The highest BCUT2D eigenvalue weighted by Gasteiger charge is 2.52. The zero-order chi connectivity index (χ0) is 15.7. The number of nitrogens with zero attached hydrogens (tertiary/aromatic N) is 1. The van der Waals surface area contributed by atoms with E-state index in [1.807, 2.05) is 11.8 Å². The number of aliphatic carboxylic acids is 1. The number of carbonyl (C=O) groups is 1. The van der Waals surface area contributed by atoms with E-state index < -0.39 is 23.6 Å². The van der Waals surface area contributed by atoms with Crippen LogP contribution in [0, 0.1) is 5.92 Å². The summed E-state index contributed by atoms with van der Waals surface area (Å²) in [5.41, 5.74) is -0.938. The smallest absolute Gasteiger partial charge is 0.391 e. The van der Waals surface area contributed by atoms with Crippen molar-refractivity contribution >= 4 is 5.97 Å². The van der Waals surface area contributed by atoms with Gasteiger partial charge in [-0.05, 0) is 45.1 Å². The molecule has 0 radical (unpaired) electrons. The van der Waals surface area contributed by atoms with Crippen LogP contribution in [0.3, 0.4) is 0 Å². The molecule has 0 bridgehead atoms. The molecule has 3 nitrogen and oxygen atoms in total. The molecule has 3 atom stereocenters. The molecule has 1 heterocycles. The fraction of sp³-hybridized carbons (Fsp3) is 0.933. The third-order valence-corrected chi connectivity index (χ3v) is 5.15. The number of hydrogen-bond acceptors (Lipinski definition) is 2. The summed E-state index contributed by atoms with van der Waals surface area (Å²) in [6, 6.07) is -0.240. The fourth-order valence-corrected chi connectivity index (χ4v) is 4.19. The van der Waals surface area contributed by atoms with Gasteiger partial charge in [0.25, 0.3) is 0 Å². The van der Waals surface area contributed by atoms with Crippen molar-refractivity contribution in [2.24, 2.45) is 5.92 Å². The van der Waals surface area contributed by atoms with Crippen molar-refractivity contribution in [2.45, 2.75) is 76.0 Å². The summed E-state index contributed by atoms with van der Waals surface area (Å²) in [4.78, 5) is 13.7. The minimum Gasteiger partial charge on any atom is -0.480 e. The summed E-state index contributed by atoms with van der Waals surface area (Å²) in [6.07, 6.45) is -0.117. The summed E-state index contributed by atoms with van der Waals surface area (Å²) in [5.74, 6) is -2.14. The molecule has 122 valence electrons. The summed E-state index contributed by atoms with van der Waals surface area (Å²) >= 11 is 0. The van der Waals surface area contributed by atoms with Gasteiger partial charge in [0.1, 0.15) is 5.54 Å². The fourth-order valence-electron chi connectivity index (χ4n) is 4.19. The van der Waals surface area contributed by atoms with Crippen LogP contribution in [0.4, 0.5) is 13.2 Å².